The summed E-state index contributed by atoms with van der Waals surface area (Å²) in [5.74, 6) is 0.00693. The van der Waals surface area contributed by atoms with E-state index in [2.05, 4.69) is 24.3 Å². The van der Waals surface area contributed by atoms with Crippen LogP contribution < -0.4 is 5.73 Å². The molecule has 0 aliphatic heterocycles. The Kier molecular flexibility index (Phi) is 3.25. The van der Waals surface area contributed by atoms with Crippen molar-refractivity contribution in [2.24, 2.45) is 5.73 Å². The minimum Gasteiger partial charge on any atom is -0.321 e. The van der Waals surface area contributed by atoms with Crippen molar-refractivity contribution in [3.05, 3.63) is 83.9 Å². The summed E-state index contributed by atoms with van der Waals surface area (Å²) in [6, 6.07) is 20.0. The average molecular weight is 263 g/mol. The van der Waals surface area contributed by atoms with E-state index in [9.17, 15) is 4.79 Å². The second kappa shape index (κ2) is 5.06. The van der Waals surface area contributed by atoms with Gasteiger partial charge in [-0.05, 0) is 23.6 Å². The van der Waals surface area contributed by atoms with Crippen LogP contribution in [0.25, 0.3) is 0 Å². The summed E-state index contributed by atoms with van der Waals surface area (Å²) in [6.07, 6.45) is 4.24. The van der Waals surface area contributed by atoms with Gasteiger partial charge in [-0.3, -0.25) is 4.79 Å². The highest BCUT2D eigenvalue weighted by atomic mass is 16.1. The maximum atomic E-state index is 11.7. The number of ketones is 1. The monoisotopic (exact) mass is 263 g/mol. The highest BCUT2D eigenvalue weighted by Gasteiger charge is 2.37. The molecule has 20 heavy (non-hydrogen) atoms. The van der Waals surface area contributed by atoms with Crippen LogP contribution in [0.3, 0.4) is 0 Å². The molecular formula is C18H17NO. The summed E-state index contributed by atoms with van der Waals surface area (Å²) in [7, 11) is 0. The Hall–Kier alpha value is -2.19. The summed E-state index contributed by atoms with van der Waals surface area (Å²) in [6.45, 7) is 0. The SMILES string of the molecule is NC1CC(c2ccccc2)(c2ccccc2)C=CC1=O. The van der Waals surface area contributed by atoms with Gasteiger partial charge in [0, 0.05) is 5.41 Å². The zero-order valence-electron chi connectivity index (χ0n) is 11.2. The zero-order chi connectivity index (χ0) is 14.0. The molecule has 0 amide bonds. The highest BCUT2D eigenvalue weighted by Crippen LogP contribution is 2.40. The van der Waals surface area contributed by atoms with Crippen molar-refractivity contribution in [2.75, 3.05) is 0 Å². The van der Waals surface area contributed by atoms with Crippen molar-refractivity contribution in [3.8, 4) is 0 Å². The second-order valence-corrected chi connectivity index (χ2v) is 5.25. The van der Waals surface area contributed by atoms with E-state index in [0.29, 0.717) is 6.42 Å². The van der Waals surface area contributed by atoms with Gasteiger partial charge in [0.2, 0.25) is 0 Å². The fourth-order valence-electron chi connectivity index (χ4n) is 2.93. The number of carbonyl (C=O) groups excluding carboxylic acids is 1. The minimum absolute atomic E-state index is 0.00693. The summed E-state index contributed by atoms with van der Waals surface area (Å²) >= 11 is 0. The maximum Gasteiger partial charge on any atom is 0.172 e. The van der Waals surface area contributed by atoms with Gasteiger partial charge < -0.3 is 5.73 Å². The Morgan fingerprint density at radius 2 is 1.40 bits per heavy atom. The van der Waals surface area contributed by atoms with Gasteiger partial charge in [0.1, 0.15) is 0 Å². The molecule has 100 valence electrons. The van der Waals surface area contributed by atoms with Crippen LogP contribution in [0.4, 0.5) is 0 Å². The Balaban J connectivity index is 2.19. The predicted molar refractivity (Wildman–Crippen MR) is 80.4 cm³/mol. The molecule has 2 N–H and O–H groups in total. The Morgan fingerprint density at radius 1 is 0.900 bits per heavy atom. The number of nitrogens with two attached hydrogens (primary N) is 1. The van der Waals surface area contributed by atoms with Crippen molar-refractivity contribution in [1.82, 2.24) is 0 Å². The molecule has 0 saturated carbocycles. The molecule has 0 bridgehead atoms. The Bertz CT molecular complexity index is 591. The van der Waals surface area contributed by atoms with Gasteiger partial charge in [-0.1, -0.05) is 66.7 Å². The number of benzene rings is 2. The van der Waals surface area contributed by atoms with Crippen LogP contribution in [0.2, 0.25) is 0 Å². The first kappa shape index (κ1) is 12.8. The Morgan fingerprint density at radius 3 is 1.85 bits per heavy atom. The lowest BCUT2D eigenvalue weighted by Gasteiger charge is -2.36. The molecular weight excluding hydrogens is 246 g/mol. The van der Waals surface area contributed by atoms with Crippen LogP contribution in [-0.2, 0) is 10.2 Å². The van der Waals surface area contributed by atoms with Crippen LogP contribution in [-0.4, -0.2) is 11.8 Å². The van der Waals surface area contributed by atoms with Crippen LogP contribution >= 0.6 is 0 Å². The molecule has 3 rings (SSSR count). The molecule has 0 heterocycles. The van der Waals surface area contributed by atoms with Crippen LogP contribution in [0.5, 0.6) is 0 Å². The van der Waals surface area contributed by atoms with Gasteiger partial charge in [-0.15, -0.1) is 0 Å². The largest absolute Gasteiger partial charge is 0.321 e. The molecule has 0 saturated heterocycles. The fourth-order valence-corrected chi connectivity index (χ4v) is 2.93. The van der Waals surface area contributed by atoms with Gasteiger partial charge >= 0.3 is 0 Å². The summed E-state index contributed by atoms with van der Waals surface area (Å²) in [5, 5.41) is 0. The quantitative estimate of drug-likeness (QED) is 0.905. The lowest BCUT2D eigenvalue weighted by molar-refractivity contribution is -0.116. The third kappa shape index (κ3) is 2.08. The maximum absolute atomic E-state index is 11.7. The fraction of sp³-hybridized carbons (Fsp3) is 0.167. The van der Waals surface area contributed by atoms with Crippen LogP contribution in [0.15, 0.2) is 72.8 Å². The van der Waals surface area contributed by atoms with Gasteiger partial charge in [-0.25, -0.2) is 0 Å². The highest BCUT2D eigenvalue weighted by molar-refractivity contribution is 5.96. The molecule has 1 atom stereocenters. The number of carbonyl (C=O) groups is 1. The van der Waals surface area contributed by atoms with Crippen LogP contribution in [0.1, 0.15) is 17.5 Å². The van der Waals surface area contributed by atoms with E-state index in [1.165, 1.54) is 11.1 Å². The first-order valence-corrected chi connectivity index (χ1v) is 6.82. The van der Waals surface area contributed by atoms with Crippen molar-refractivity contribution in [3.63, 3.8) is 0 Å². The third-order valence-electron chi connectivity index (χ3n) is 4.02. The zero-order valence-corrected chi connectivity index (χ0v) is 11.2. The summed E-state index contributed by atoms with van der Waals surface area (Å²) in [5.41, 5.74) is 8.06. The van der Waals surface area contributed by atoms with E-state index < -0.39 is 6.04 Å². The second-order valence-electron chi connectivity index (χ2n) is 5.25. The van der Waals surface area contributed by atoms with E-state index in [1.807, 2.05) is 42.5 Å². The molecule has 2 heteroatoms. The molecule has 2 aromatic rings. The molecule has 1 aliphatic carbocycles. The lowest BCUT2D eigenvalue weighted by atomic mass is 9.67. The molecule has 0 spiro atoms. The van der Waals surface area contributed by atoms with E-state index in [-0.39, 0.29) is 11.2 Å². The number of hydrogen-bond acceptors (Lipinski definition) is 2. The van der Waals surface area contributed by atoms with Crippen molar-refractivity contribution in [1.29, 1.82) is 0 Å². The molecule has 1 aliphatic rings. The first-order valence-electron chi connectivity index (χ1n) is 6.82. The van der Waals surface area contributed by atoms with Gasteiger partial charge in [0.25, 0.3) is 0 Å². The summed E-state index contributed by atoms with van der Waals surface area (Å²) in [4.78, 5) is 11.7. The van der Waals surface area contributed by atoms with Crippen LogP contribution in [0, 0.1) is 0 Å². The van der Waals surface area contributed by atoms with Gasteiger partial charge in [0.05, 0.1) is 6.04 Å². The lowest BCUT2D eigenvalue weighted by Crippen LogP contribution is -2.42. The molecule has 1 unspecified atom stereocenters. The first-order chi connectivity index (χ1) is 9.72. The predicted octanol–water partition coefficient (Wildman–Crippen LogP) is 2.83. The van der Waals surface area contributed by atoms with E-state index in [1.54, 1.807) is 6.08 Å². The summed E-state index contributed by atoms with van der Waals surface area (Å²) < 4.78 is 0. The minimum atomic E-state index is -0.444. The van der Waals surface area contributed by atoms with Gasteiger partial charge in [-0.2, -0.15) is 0 Å². The topological polar surface area (TPSA) is 43.1 Å². The molecule has 0 radical (unpaired) electrons. The van der Waals surface area contributed by atoms with Crippen molar-refractivity contribution < 1.29 is 4.79 Å². The molecule has 0 aromatic heterocycles. The van der Waals surface area contributed by atoms with E-state index in [4.69, 9.17) is 5.73 Å². The molecule has 2 aromatic carbocycles. The number of hydrogen-bond donors (Lipinski definition) is 1. The third-order valence-corrected chi connectivity index (χ3v) is 4.02. The normalized spacial score (nSPS) is 20.9. The Labute approximate surface area is 118 Å². The van der Waals surface area contributed by atoms with E-state index in [0.717, 1.165) is 0 Å². The van der Waals surface area contributed by atoms with Gasteiger partial charge in [0.15, 0.2) is 5.78 Å². The van der Waals surface area contributed by atoms with Crippen molar-refractivity contribution >= 4 is 5.78 Å². The standard InChI is InChI=1S/C18H17NO/c19-16-13-18(12-11-17(16)20,14-7-3-1-4-8-14)15-9-5-2-6-10-15/h1-12,16H,13,19H2. The number of rotatable bonds is 2. The van der Waals surface area contributed by atoms with Crippen molar-refractivity contribution in [2.45, 2.75) is 17.9 Å². The number of allylic oxidation sites excluding steroid dienone is 1. The molecule has 0 fully saturated rings. The molecule has 2 nitrogen and oxygen atoms in total. The smallest absolute Gasteiger partial charge is 0.172 e. The average Bonchev–Trinajstić information content (AvgIpc) is 2.52. The van der Waals surface area contributed by atoms with E-state index >= 15 is 0 Å².